The number of carbonyl (C=O) groups excluding carboxylic acids is 8. The Morgan fingerprint density at radius 2 is 0.322 bits per heavy atom. The van der Waals surface area contributed by atoms with Crippen molar-refractivity contribution in [3.63, 3.8) is 0 Å². The van der Waals surface area contributed by atoms with Crippen LogP contribution in [0.1, 0.15) is 295 Å². The predicted molar refractivity (Wildman–Crippen MR) is 426 cm³/mol. The smallest absolute Gasteiger partial charge is 0.338 e. The molecule has 612 valence electrons. The van der Waals surface area contributed by atoms with E-state index in [1.165, 1.54) is 84.9 Å². The number of pyridine rings is 8. The lowest BCUT2D eigenvalue weighted by Gasteiger charge is -2.21. The summed E-state index contributed by atoms with van der Waals surface area (Å²) in [5.41, 5.74) is -2.41. The van der Waals surface area contributed by atoms with Gasteiger partial charge in [-0.15, -0.1) is 0 Å². The number of aromatic nitrogens is 8. The van der Waals surface area contributed by atoms with Gasteiger partial charge in [-0.05, 0) is 277 Å². The molecule has 0 fully saturated rings. The number of carbonyl (C=O) groups is 8. The molecule has 8 aromatic rings. The summed E-state index contributed by atoms with van der Waals surface area (Å²) in [5, 5.41) is 0. The van der Waals surface area contributed by atoms with Crippen molar-refractivity contribution in [3.05, 3.63) is 187 Å². The zero-order chi connectivity index (χ0) is 85.5. The monoisotopic (exact) mass is 1580 g/mol. The van der Waals surface area contributed by atoms with Gasteiger partial charge in [0, 0.05) is 11.4 Å². The van der Waals surface area contributed by atoms with E-state index in [1.807, 2.05) is 0 Å². The normalized spacial score (nSPS) is 12.3. The van der Waals surface area contributed by atoms with E-state index in [1.54, 1.807) is 192 Å². The molecular formula is C88H106N8O19. The summed E-state index contributed by atoms with van der Waals surface area (Å²) in [7, 11) is 0. The molecule has 0 spiro atoms. The summed E-state index contributed by atoms with van der Waals surface area (Å²) in [6, 6.07) is 24.1. The summed E-state index contributed by atoms with van der Waals surface area (Å²) in [4.78, 5) is 150. The maximum absolute atomic E-state index is 14.2. The number of hydrogen-bond acceptors (Lipinski definition) is 27. The Bertz CT molecular complexity index is 4700. The molecule has 0 aliphatic heterocycles. The molecule has 8 aromatic heterocycles. The summed E-state index contributed by atoms with van der Waals surface area (Å²) in [6.45, 7) is 43.5. The van der Waals surface area contributed by atoms with E-state index in [4.69, 9.17) is 82.0 Å². The van der Waals surface area contributed by atoms with Crippen LogP contribution in [0.15, 0.2) is 97.1 Å². The van der Waals surface area contributed by atoms with E-state index in [0.717, 1.165) is 0 Å². The second kappa shape index (κ2) is 35.3. The van der Waals surface area contributed by atoms with Crippen molar-refractivity contribution in [1.29, 1.82) is 0 Å². The van der Waals surface area contributed by atoms with Crippen molar-refractivity contribution in [2.24, 2.45) is 0 Å². The van der Waals surface area contributed by atoms with Crippen LogP contribution >= 0.6 is 0 Å². The highest BCUT2D eigenvalue weighted by atomic mass is 16.6. The van der Waals surface area contributed by atoms with E-state index in [-0.39, 0.29) is 164 Å². The summed E-state index contributed by atoms with van der Waals surface area (Å²) in [6.07, 6.45) is 0. The highest BCUT2D eigenvalue weighted by molar-refractivity contribution is 5.96. The molecule has 0 unspecified atom stereocenters. The Morgan fingerprint density at radius 1 is 0.200 bits per heavy atom. The quantitative estimate of drug-likeness (QED) is 0.0400. The van der Waals surface area contributed by atoms with Gasteiger partial charge >= 0.3 is 47.8 Å². The van der Waals surface area contributed by atoms with Crippen LogP contribution in [-0.4, -0.2) is 132 Å². The molecule has 27 nitrogen and oxygen atoms in total. The Hall–Kier alpha value is -11.2. The molecule has 8 rings (SSSR count). The Morgan fingerprint density at radius 3 is 0.452 bits per heavy atom. The zero-order valence-corrected chi connectivity index (χ0v) is 70.8. The van der Waals surface area contributed by atoms with E-state index >= 15 is 0 Å². The van der Waals surface area contributed by atoms with Crippen molar-refractivity contribution >= 4 is 47.8 Å². The second-order valence-corrected chi connectivity index (χ2v) is 35.7. The third-order valence-electron chi connectivity index (χ3n) is 14.8. The van der Waals surface area contributed by atoms with Gasteiger partial charge < -0.3 is 52.1 Å². The minimum absolute atomic E-state index is 0.0436. The highest BCUT2D eigenvalue weighted by Gasteiger charge is 2.30. The lowest BCUT2D eigenvalue weighted by molar-refractivity contribution is 0.00558. The fourth-order valence-corrected chi connectivity index (χ4v) is 10.8. The second-order valence-electron chi connectivity index (χ2n) is 35.7. The molecule has 0 aliphatic carbocycles. The predicted octanol–water partition coefficient (Wildman–Crippen LogP) is 16.9. The molecule has 0 saturated carbocycles. The standard InChI is InChI=1S/C88H106N8O19/c1-49-27-51(73(97)108-81(3,4)5)35-65(89-49)67-37-53(75(99)110-83(9,10)11)29-59(91-67)43-105-45-61-31-55(77(101)112-85(15,16)17)39-69(93-61)71-41-57(79(103)114-87(21,22)23)33-63(95-71)47-107-48-64-34-58(80(104)115-88(24,25)26)42-72(96-64)70-40-56(78(102)113-86(18,19)20)32-62(94-70)46-106-44-60-30-54(76(100)111-84(12,13)14)38-68(92-60)66-36-52(28-50(2)90-66)74(98)109-82(6,7)8/h27-42H,43-48H2,1-26H3. The third-order valence-corrected chi connectivity index (χ3v) is 14.8. The summed E-state index contributed by atoms with van der Waals surface area (Å²) < 4.78 is 65.4. The Kier molecular flexibility index (Phi) is 27.4. The molecule has 0 atom stereocenters. The fourth-order valence-electron chi connectivity index (χ4n) is 10.8. The molecule has 0 radical (unpaired) electrons. The van der Waals surface area contributed by atoms with Crippen molar-refractivity contribution in [1.82, 2.24) is 39.9 Å². The van der Waals surface area contributed by atoms with Crippen LogP contribution in [-0.2, 0) is 91.7 Å². The molecule has 0 amide bonds. The maximum Gasteiger partial charge on any atom is 0.338 e. The van der Waals surface area contributed by atoms with Crippen LogP contribution < -0.4 is 0 Å². The first-order valence-corrected chi connectivity index (χ1v) is 37.6. The van der Waals surface area contributed by atoms with Crippen LogP contribution in [0.2, 0.25) is 0 Å². The first-order valence-electron chi connectivity index (χ1n) is 37.6. The SMILES string of the molecule is Cc1cc(C(=O)OC(C)(C)C)cc(-c2cc(C(=O)OC(C)(C)C)cc(COCc3cc(C(=O)OC(C)(C)C)cc(-c4cc(C(=O)OC(C)(C)C)cc(COCc5cc(C(=O)OC(C)(C)C)cc(-c6cc(C(=O)OC(C)(C)C)cc(COCc7cc(C(=O)OC(C)(C)C)cc(-c8cc(C(=O)OC(C)(C)C)cc(C)n8)n7)n6)n5)n4)n3)n2)n1. The van der Waals surface area contributed by atoms with Gasteiger partial charge in [0.2, 0.25) is 0 Å². The number of rotatable bonds is 24. The van der Waals surface area contributed by atoms with Gasteiger partial charge in [-0.25, -0.2) is 68.3 Å². The van der Waals surface area contributed by atoms with E-state index < -0.39 is 92.6 Å². The largest absolute Gasteiger partial charge is 0.456 e. The first-order chi connectivity index (χ1) is 52.9. The number of hydrogen-bond donors (Lipinski definition) is 0. The molecule has 8 heterocycles. The highest BCUT2D eigenvalue weighted by Crippen LogP contribution is 2.31. The topological polar surface area (TPSA) is 341 Å². The van der Waals surface area contributed by atoms with Crippen LogP contribution in [0.3, 0.4) is 0 Å². The number of ether oxygens (including phenoxy) is 11. The lowest BCUT2D eigenvalue weighted by Crippen LogP contribution is -2.24. The van der Waals surface area contributed by atoms with Crippen LogP contribution in [0, 0.1) is 13.8 Å². The molecule has 0 saturated heterocycles. The average molecular weight is 1580 g/mol. The summed E-state index contributed by atoms with van der Waals surface area (Å²) in [5.74, 6) is -5.33. The van der Waals surface area contributed by atoms with Gasteiger partial charge in [0.25, 0.3) is 0 Å². The molecule has 0 bridgehead atoms. The lowest BCUT2D eigenvalue weighted by atomic mass is 10.1. The fraction of sp³-hybridized carbons (Fsp3) is 0.455. The van der Waals surface area contributed by atoms with Crippen LogP contribution in [0.4, 0.5) is 0 Å². The minimum atomic E-state index is -0.950. The third kappa shape index (κ3) is 28.7. The van der Waals surface area contributed by atoms with Crippen molar-refractivity contribution < 1.29 is 90.5 Å². The first kappa shape index (κ1) is 89.4. The molecule has 0 aromatic carbocycles. The summed E-state index contributed by atoms with van der Waals surface area (Å²) >= 11 is 0. The number of esters is 8. The van der Waals surface area contributed by atoms with Crippen LogP contribution in [0.25, 0.3) is 45.6 Å². The molecular weight excluding hydrogens is 1470 g/mol. The Labute approximate surface area is 672 Å². The van der Waals surface area contributed by atoms with E-state index in [9.17, 15) is 38.4 Å². The van der Waals surface area contributed by atoms with Gasteiger partial charge in [-0.3, -0.25) is 9.97 Å². The molecule has 0 aliphatic rings. The van der Waals surface area contributed by atoms with Crippen molar-refractivity contribution in [3.8, 4) is 45.6 Å². The van der Waals surface area contributed by atoms with Crippen LogP contribution in [0.5, 0.6) is 0 Å². The maximum atomic E-state index is 14.2. The number of nitrogens with zero attached hydrogens (tertiary/aromatic N) is 8. The average Bonchev–Trinajstić information content (AvgIpc) is 0.805. The Balaban J connectivity index is 1.14. The van der Waals surface area contributed by atoms with Gasteiger partial charge in [0.1, 0.15) is 44.8 Å². The van der Waals surface area contributed by atoms with Crippen molar-refractivity contribution in [2.45, 2.75) is 264 Å². The van der Waals surface area contributed by atoms with E-state index in [2.05, 4.69) is 9.97 Å². The molecule has 27 heteroatoms. The molecule has 0 N–H and O–H groups in total. The van der Waals surface area contributed by atoms with Gasteiger partial charge in [-0.2, -0.15) is 0 Å². The minimum Gasteiger partial charge on any atom is -0.456 e. The zero-order valence-electron chi connectivity index (χ0n) is 70.8. The van der Waals surface area contributed by atoms with Crippen molar-refractivity contribution in [2.75, 3.05) is 0 Å². The van der Waals surface area contributed by atoms with Gasteiger partial charge in [0.15, 0.2) is 0 Å². The van der Waals surface area contributed by atoms with E-state index in [0.29, 0.717) is 11.4 Å². The molecule has 115 heavy (non-hydrogen) atoms. The van der Waals surface area contributed by atoms with Gasteiger partial charge in [-0.1, -0.05) is 0 Å². The van der Waals surface area contributed by atoms with Gasteiger partial charge in [0.05, 0.1) is 164 Å². The number of aryl methyl sites for hydroxylation is 2.